The fourth-order valence-electron chi connectivity index (χ4n) is 2.21. The van der Waals surface area contributed by atoms with E-state index >= 15 is 0 Å². The predicted molar refractivity (Wildman–Crippen MR) is 76.4 cm³/mol. The normalized spacial score (nSPS) is 15.9. The Morgan fingerprint density at radius 1 is 1.57 bits per heavy atom. The van der Waals surface area contributed by atoms with E-state index in [0.717, 1.165) is 0 Å². The third-order valence-electron chi connectivity index (χ3n) is 3.16. The number of nitriles is 1. The van der Waals surface area contributed by atoms with Crippen LogP contribution in [0.15, 0.2) is 29.6 Å². The van der Waals surface area contributed by atoms with Gasteiger partial charge < -0.3 is 9.67 Å². The molecule has 0 saturated carbocycles. The van der Waals surface area contributed by atoms with E-state index in [-0.39, 0.29) is 29.7 Å². The molecule has 1 aromatic heterocycles. The second kappa shape index (κ2) is 5.76. The first-order chi connectivity index (χ1) is 9.61. The standard InChI is InChI=1S/C13H8FN3O2S.ClH/c14-9-3-7(1-2-8(9)4-15)11-6-20-13-16-5-10(12(18)19)17(11)13;/h1-3,5,11H,6H2,(H,18,19);1H. The maximum absolute atomic E-state index is 13.7. The van der Waals surface area contributed by atoms with Gasteiger partial charge in [0.25, 0.3) is 0 Å². The molecule has 0 aliphatic carbocycles. The van der Waals surface area contributed by atoms with Crippen molar-refractivity contribution in [2.75, 3.05) is 5.75 Å². The Labute approximate surface area is 129 Å². The minimum Gasteiger partial charge on any atom is -0.477 e. The summed E-state index contributed by atoms with van der Waals surface area (Å²) in [6.45, 7) is 0. The van der Waals surface area contributed by atoms with Crippen molar-refractivity contribution in [3.8, 4) is 6.07 Å². The number of hydrogen-bond acceptors (Lipinski definition) is 4. The number of imidazole rings is 1. The van der Waals surface area contributed by atoms with Gasteiger partial charge in [0.2, 0.25) is 0 Å². The van der Waals surface area contributed by atoms with E-state index in [9.17, 15) is 9.18 Å². The van der Waals surface area contributed by atoms with Crippen LogP contribution in [0.4, 0.5) is 4.39 Å². The highest BCUT2D eigenvalue weighted by atomic mass is 35.5. The van der Waals surface area contributed by atoms with Crippen LogP contribution in [0.1, 0.15) is 27.7 Å². The van der Waals surface area contributed by atoms with Crippen LogP contribution in [0.2, 0.25) is 0 Å². The van der Waals surface area contributed by atoms with Crippen molar-refractivity contribution in [2.45, 2.75) is 11.2 Å². The fraction of sp³-hybridized carbons (Fsp3) is 0.154. The quantitative estimate of drug-likeness (QED) is 0.918. The molecule has 0 radical (unpaired) electrons. The van der Waals surface area contributed by atoms with Gasteiger partial charge in [-0.25, -0.2) is 14.2 Å². The molecular formula is C13H9ClFN3O2S. The molecule has 1 aliphatic rings. The molecule has 1 atom stereocenters. The lowest BCUT2D eigenvalue weighted by Gasteiger charge is -2.14. The van der Waals surface area contributed by atoms with Crippen molar-refractivity contribution in [3.05, 3.63) is 47.0 Å². The predicted octanol–water partition coefficient (Wildman–Crippen LogP) is 2.71. The van der Waals surface area contributed by atoms with E-state index in [2.05, 4.69) is 4.98 Å². The van der Waals surface area contributed by atoms with Gasteiger partial charge in [0.15, 0.2) is 5.16 Å². The summed E-state index contributed by atoms with van der Waals surface area (Å²) in [5.74, 6) is -1.07. The van der Waals surface area contributed by atoms with E-state index in [1.165, 1.54) is 30.1 Å². The fourth-order valence-corrected chi connectivity index (χ4v) is 3.35. The lowest BCUT2D eigenvalue weighted by Crippen LogP contribution is -2.14. The second-order valence-corrected chi connectivity index (χ2v) is 5.27. The van der Waals surface area contributed by atoms with Gasteiger partial charge >= 0.3 is 5.97 Å². The maximum Gasteiger partial charge on any atom is 0.354 e. The number of rotatable bonds is 2. The van der Waals surface area contributed by atoms with Crippen LogP contribution in [0.25, 0.3) is 0 Å². The van der Waals surface area contributed by atoms with Crippen LogP contribution in [-0.4, -0.2) is 26.4 Å². The zero-order valence-electron chi connectivity index (χ0n) is 10.5. The largest absolute Gasteiger partial charge is 0.477 e. The molecule has 2 heterocycles. The number of nitrogens with zero attached hydrogens (tertiary/aromatic N) is 3. The lowest BCUT2D eigenvalue weighted by atomic mass is 10.1. The SMILES string of the molecule is Cl.N#Cc1ccc(C2CSc3ncc(C(=O)O)n32)cc1F. The monoisotopic (exact) mass is 325 g/mol. The first-order valence-corrected chi connectivity index (χ1v) is 6.73. The molecule has 1 aromatic carbocycles. The Morgan fingerprint density at radius 2 is 2.33 bits per heavy atom. The van der Waals surface area contributed by atoms with Gasteiger partial charge in [-0.2, -0.15) is 5.26 Å². The number of thioether (sulfide) groups is 1. The number of halogens is 2. The molecule has 0 saturated heterocycles. The smallest absolute Gasteiger partial charge is 0.354 e. The number of benzene rings is 1. The number of carbonyl (C=O) groups is 1. The van der Waals surface area contributed by atoms with Crippen molar-refractivity contribution in [1.82, 2.24) is 9.55 Å². The number of aromatic nitrogens is 2. The van der Waals surface area contributed by atoms with E-state index in [1.807, 2.05) is 0 Å². The van der Waals surface area contributed by atoms with Crippen LogP contribution in [0, 0.1) is 17.1 Å². The van der Waals surface area contributed by atoms with Crippen molar-refractivity contribution < 1.29 is 14.3 Å². The summed E-state index contributed by atoms with van der Waals surface area (Å²) in [5, 5.41) is 18.5. The van der Waals surface area contributed by atoms with Crippen LogP contribution in [-0.2, 0) is 0 Å². The molecule has 0 fully saturated rings. The number of fused-ring (bicyclic) bond motifs is 1. The summed E-state index contributed by atoms with van der Waals surface area (Å²) in [6, 6.07) is 5.81. The molecule has 3 rings (SSSR count). The van der Waals surface area contributed by atoms with Crippen molar-refractivity contribution in [1.29, 1.82) is 5.26 Å². The Hall–Kier alpha value is -2.04. The van der Waals surface area contributed by atoms with E-state index < -0.39 is 11.8 Å². The highest BCUT2D eigenvalue weighted by Gasteiger charge is 2.30. The zero-order valence-corrected chi connectivity index (χ0v) is 12.1. The zero-order chi connectivity index (χ0) is 14.3. The van der Waals surface area contributed by atoms with Gasteiger partial charge in [-0.3, -0.25) is 0 Å². The first-order valence-electron chi connectivity index (χ1n) is 5.74. The van der Waals surface area contributed by atoms with Crippen LogP contribution < -0.4 is 0 Å². The highest BCUT2D eigenvalue weighted by molar-refractivity contribution is 7.99. The van der Waals surface area contributed by atoms with Gasteiger partial charge in [0.05, 0.1) is 17.8 Å². The average Bonchev–Trinajstić information content (AvgIpc) is 2.99. The summed E-state index contributed by atoms with van der Waals surface area (Å²) < 4.78 is 15.3. The average molecular weight is 326 g/mol. The Bertz CT molecular complexity index is 756. The van der Waals surface area contributed by atoms with Crippen molar-refractivity contribution in [2.24, 2.45) is 0 Å². The topological polar surface area (TPSA) is 78.9 Å². The molecule has 2 aromatic rings. The van der Waals surface area contributed by atoms with Gasteiger partial charge in [-0.05, 0) is 17.7 Å². The molecule has 0 bridgehead atoms. The Kier molecular flexibility index (Phi) is 4.21. The third kappa shape index (κ3) is 2.48. The van der Waals surface area contributed by atoms with Gasteiger partial charge in [-0.1, -0.05) is 17.8 Å². The summed E-state index contributed by atoms with van der Waals surface area (Å²) >= 11 is 1.43. The molecule has 1 N–H and O–H groups in total. The molecule has 1 aliphatic heterocycles. The van der Waals surface area contributed by atoms with Gasteiger partial charge in [-0.15, -0.1) is 12.4 Å². The summed E-state index contributed by atoms with van der Waals surface area (Å²) in [6.07, 6.45) is 1.30. The number of carboxylic acids is 1. The number of carboxylic acid groups (broad SMARTS) is 1. The first kappa shape index (κ1) is 15.4. The molecule has 5 nitrogen and oxygen atoms in total. The summed E-state index contributed by atoms with van der Waals surface area (Å²) in [5.41, 5.74) is 0.691. The molecular weight excluding hydrogens is 317 g/mol. The lowest BCUT2D eigenvalue weighted by molar-refractivity contribution is 0.0683. The number of hydrogen-bond donors (Lipinski definition) is 1. The van der Waals surface area contributed by atoms with E-state index in [0.29, 0.717) is 16.5 Å². The highest BCUT2D eigenvalue weighted by Crippen LogP contribution is 2.38. The van der Waals surface area contributed by atoms with Crippen molar-refractivity contribution >= 4 is 30.1 Å². The number of aromatic carboxylic acids is 1. The molecule has 0 amide bonds. The minimum absolute atomic E-state index is 0. The Morgan fingerprint density at radius 3 is 2.95 bits per heavy atom. The maximum atomic E-state index is 13.7. The van der Waals surface area contributed by atoms with Crippen molar-refractivity contribution in [3.63, 3.8) is 0 Å². The molecule has 108 valence electrons. The summed E-state index contributed by atoms with van der Waals surface area (Å²) in [4.78, 5) is 15.2. The molecule has 21 heavy (non-hydrogen) atoms. The molecule has 8 heteroatoms. The van der Waals surface area contributed by atoms with Gasteiger partial charge in [0, 0.05) is 5.75 Å². The van der Waals surface area contributed by atoms with Crippen LogP contribution >= 0.6 is 24.2 Å². The molecule has 0 spiro atoms. The Balaban J connectivity index is 0.00000161. The summed E-state index contributed by atoms with van der Waals surface area (Å²) in [7, 11) is 0. The second-order valence-electron chi connectivity index (χ2n) is 4.28. The van der Waals surface area contributed by atoms with Crippen LogP contribution in [0.3, 0.4) is 0 Å². The minimum atomic E-state index is -1.06. The van der Waals surface area contributed by atoms with Crippen LogP contribution in [0.5, 0.6) is 0 Å². The third-order valence-corrected chi connectivity index (χ3v) is 4.21. The van der Waals surface area contributed by atoms with Gasteiger partial charge in [0.1, 0.15) is 17.6 Å². The molecule has 1 unspecified atom stereocenters. The van der Waals surface area contributed by atoms with E-state index in [1.54, 1.807) is 16.7 Å². The van der Waals surface area contributed by atoms with E-state index in [4.69, 9.17) is 10.4 Å².